The van der Waals surface area contributed by atoms with Crippen LogP contribution in [0.4, 0.5) is 4.39 Å². The van der Waals surface area contributed by atoms with Crippen LogP contribution in [0, 0.1) is 5.82 Å². The number of nitrogens with one attached hydrogen (secondary N) is 1. The number of amides is 1. The SMILES string of the molecule is CC(C)NC(=O)CN(C)Cn1nc(-c2ccc(F)cc2)oc1=O. The Morgan fingerprint density at radius 1 is 1.39 bits per heavy atom. The van der Waals surface area contributed by atoms with Crippen LogP contribution < -0.4 is 11.1 Å². The van der Waals surface area contributed by atoms with Crippen LogP contribution in [0.25, 0.3) is 11.5 Å². The lowest BCUT2D eigenvalue weighted by atomic mass is 10.2. The predicted molar refractivity (Wildman–Crippen MR) is 82.1 cm³/mol. The smallest absolute Gasteiger partial charge is 0.388 e. The van der Waals surface area contributed by atoms with E-state index >= 15 is 0 Å². The second-order valence-electron chi connectivity index (χ2n) is 5.56. The van der Waals surface area contributed by atoms with Gasteiger partial charge >= 0.3 is 5.76 Å². The number of carbonyl (C=O) groups is 1. The van der Waals surface area contributed by atoms with Crippen LogP contribution in [-0.2, 0) is 11.5 Å². The summed E-state index contributed by atoms with van der Waals surface area (Å²) in [5, 5.41) is 6.82. The fraction of sp³-hybridized carbons (Fsp3) is 0.400. The standard InChI is InChI=1S/C15H19FN4O3/c1-10(2)17-13(21)8-19(3)9-20-15(22)23-14(18-20)11-4-6-12(16)7-5-11/h4-7,10H,8-9H2,1-3H3,(H,17,21). The molecule has 0 radical (unpaired) electrons. The minimum atomic E-state index is -0.638. The number of halogens is 1. The van der Waals surface area contributed by atoms with Crippen molar-refractivity contribution in [3.8, 4) is 11.5 Å². The Morgan fingerprint density at radius 2 is 2.04 bits per heavy atom. The fourth-order valence-electron chi connectivity index (χ4n) is 2.00. The molecule has 0 saturated carbocycles. The van der Waals surface area contributed by atoms with Crippen molar-refractivity contribution in [3.63, 3.8) is 0 Å². The summed E-state index contributed by atoms with van der Waals surface area (Å²) in [6.07, 6.45) is 0. The molecule has 0 spiro atoms. The third-order valence-corrected chi connectivity index (χ3v) is 2.94. The van der Waals surface area contributed by atoms with Gasteiger partial charge < -0.3 is 9.73 Å². The van der Waals surface area contributed by atoms with Gasteiger partial charge in [0, 0.05) is 11.6 Å². The van der Waals surface area contributed by atoms with Crippen molar-refractivity contribution in [2.75, 3.05) is 13.6 Å². The summed E-state index contributed by atoms with van der Waals surface area (Å²) in [5.41, 5.74) is 0.502. The molecule has 1 heterocycles. The van der Waals surface area contributed by atoms with Gasteiger partial charge in [-0.25, -0.2) is 9.18 Å². The Morgan fingerprint density at radius 3 is 2.65 bits per heavy atom. The maximum absolute atomic E-state index is 12.9. The predicted octanol–water partition coefficient (Wildman–Crippen LogP) is 1.06. The number of carbonyl (C=O) groups excluding carboxylic acids is 1. The second-order valence-corrected chi connectivity index (χ2v) is 5.56. The molecule has 7 nitrogen and oxygen atoms in total. The number of aromatic nitrogens is 2. The van der Waals surface area contributed by atoms with E-state index in [1.54, 1.807) is 11.9 Å². The van der Waals surface area contributed by atoms with E-state index in [2.05, 4.69) is 10.4 Å². The topological polar surface area (TPSA) is 80.4 Å². The first-order valence-electron chi connectivity index (χ1n) is 7.17. The molecular weight excluding hydrogens is 303 g/mol. The summed E-state index contributed by atoms with van der Waals surface area (Å²) >= 11 is 0. The van der Waals surface area contributed by atoms with Crippen molar-refractivity contribution < 1.29 is 13.6 Å². The summed E-state index contributed by atoms with van der Waals surface area (Å²) in [5.74, 6) is -1.06. The van der Waals surface area contributed by atoms with Gasteiger partial charge in [-0.15, -0.1) is 5.10 Å². The van der Waals surface area contributed by atoms with E-state index in [1.807, 2.05) is 13.8 Å². The normalized spacial score (nSPS) is 11.2. The highest BCUT2D eigenvalue weighted by Gasteiger charge is 2.14. The highest BCUT2D eigenvalue weighted by atomic mass is 19.1. The summed E-state index contributed by atoms with van der Waals surface area (Å²) in [6, 6.07) is 5.53. The van der Waals surface area contributed by atoms with Crippen LogP contribution in [0.5, 0.6) is 0 Å². The molecule has 0 aliphatic heterocycles. The zero-order chi connectivity index (χ0) is 17.0. The van der Waals surface area contributed by atoms with Crippen LogP contribution in [-0.4, -0.2) is 40.2 Å². The third-order valence-electron chi connectivity index (χ3n) is 2.94. The molecule has 1 N–H and O–H groups in total. The Bertz CT molecular complexity index is 721. The molecule has 0 fully saturated rings. The van der Waals surface area contributed by atoms with Crippen molar-refractivity contribution in [1.29, 1.82) is 0 Å². The molecule has 1 amide bonds. The minimum Gasteiger partial charge on any atom is -0.388 e. The van der Waals surface area contributed by atoms with Gasteiger partial charge in [0.15, 0.2) is 0 Å². The number of hydrogen-bond donors (Lipinski definition) is 1. The number of rotatable bonds is 6. The van der Waals surface area contributed by atoms with E-state index in [0.717, 1.165) is 4.68 Å². The molecule has 2 rings (SSSR count). The van der Waals surface area contributed by atoms with Gasteiger partial charge in [0.25, 0.3) is 0 Å². The molecule has 0 saturated heterocycles. The number of likely N-dealkylation sites (N-methyl/N-ethyl adjacent to an activating group) is 1. The maximum Gasteiger partial charge on any atom is 0.438 e. The molecule has 124 valence electrons. The molecule has 2 aromatic rings. The maximum atomic E-state index is 12.9. The number of nitrogens with zero attached hydrogens (tertiary/aromatic N) is 3. The highest BCUT2D eigenvalue weighted by molar-refractivity contribution is 5.78. The summed E-state index contributed by atoms with van der Waals surface area (Å²) in [7, 11) is 1.69. The Kier molecular flexibility index (Phi) is 5.28. The third kappa shape index (κ3) is 4.75. The Labute approximate surface area is 132 Å². The average Bonchev–Trinajstić information content (AvgIpc) is 2.79. The zero-order valence-electron chi connectivity index (χ0n) is 13.2. The van der Waals surface area contributed by atoms with E-state index in [9.17, 15) is 14.0 Å². The van der Waals surface area contributed by atoms with Crippen molar-refractivity contribution >= 4 is 5.91 Å². The monoisotopic (exact) mass is 322 g/mol. The lowest BCUT2D eigenvalue weighted by molar-refractivity contribution is -0.122. The van der Waals surface area contributed by atoms with Crippen molar-refractivity contribution in [2.24, 2.45) is 0 Å². The summed E-state index contributed by atoms with van der Waals surface area (Å²) in [6.45, 7) is 3.97. The van der Waals surface area contributed by atoms with E-state index in [-0.39, 0.29) is 36.9 Å². The summed E-state index contributed by atoms with van der Waals surface area (Å²) < 4.78 is 19.1. The van der Waals surface area contributed by atoms with Crippen LogP contribution in [0.2, 0.25) is 0 Å². The van der Waals surface area contributed by atoms with Crippen LogP contribution >= 0.6 is 0 Å². The average molecular weight is 322 g/mol. The van der Waals surface area contributed by atoms with Crippen molar-refractivity contribution in [3.05, 3.63) is 40.6 Å². The molecular formula is C15H19FN4O3. The van der Waals surface area contributed by atoms with Crippen LogP contribution in [0.3, 0.4) is 0 Å². The Hall–Kier alpha value is -2.48. The van der Waals surface area contributed by atoms with Crippen LogP contribution in [0.1, 0.15) is 13.8 Å². The largest absolute Gasteiger partial charge is 0.438 e. The van der Waals surface area contributed by atoms with Gasteiger partial charge in [-0.2, -0.15) is 4.68 Å². The molecule has 1 aromatic carbocycles. The van der Waals surface area contributed by atoms with Crippen molar-refractivity contribution in [2.45, 2.75) is 26.6 Å². The van der Waals surface area contributed by atoms with Crippen LogP contribution in [0.15, 0.2) is 33.5 Å². The molecule has 0 aliphatic rings. The van der Waals surface area contributed by atoms with E-state index in [0.29, 0.717) is 5.56 Å². The molecule has 0 aliphatic carbocycles. The second kappa shape index (κ2) is 7.19. The number of benzene rings is 1. The summed E-state index contributed by atoms with van der Waals surface area (Å²) in [4.78, 5) is 25.1. The van der Waals surface area contributed by atoms with Gasteiger partial charge in [0.1, 0.15) is 12.5 Å². The first kappa shape index (κ1) is 16.9. The lowest BCUT2D eigenvalue weighted by Crippen LogP contribution is -2.40. The first-order valence-corrected chi connectivity index (χ1v) is 7.17. The Balaban J connectivity index is 2.05. The fourth-order valence-corrected chi connectivity index (χ4v) is 2.00. The minimum absolute atomic E-state index is 0.0516. The lowest BCUT2D eigenvalue weighted by Gasteiger charge is -2.16. The highest BCUT2D eigenvalue weighted by Crippen LogP contribution is 2.15. The van der Waals surface area contributed by atoms with E-state index < -0.39 is 5.76 Å². The number of hydrogen-bond acceptors (Lipinski definition) is 5. The van der Waals surface area contributed by atoms with Crippen molar-refractivity contribution in [1.82, 2.24) is 20.0 Å². The van der Waals surface area contributed by atoms with Gasteiger partial charge in [0.2, 0.25) is 11.8 Å². The quantitative estimate of drug-likeness (QED) is 0.860. The molecule has 0 unspecified atom stereocenters. The molecule has 23 heavy (non-hydrogen) atoms. The molecule has 8 heteroatoms. The van der Waals surface area contributed by atoms with E-state index in [4.69, 9.17) is 4.42 Å². The van der Waals surface area contributed by atoms with Gasteiger partial charge in [-0.1, -0.05) is 0 Å². The molecule has 1 aromatic heterocycles. The van der Waals surface area contributed by atoms with Gasteiger partial charge in [0.05, 0.1) is 6.54 Å². The molecule has 0 bridgehead atoms. The first-order chi connectivity index (χ1) is 10.8. The zero-order valence-corrected chi connectivity index (χ0v) is 13.2. The van der Waals surface area contributed by atoms with Gasteiger partial charge in [-0.3, -0.25) is 9.69 Å². The van der Waals surface area contributed by atoms with E-state index in [1.165, 1.54) is 24.3 Å². The molecule has 0 atom stereocenters. The van der Waals surface area contributed by atoms with Gasteiger partial charge in [-0.05, 0) is 45.2 Å².